The molecule has 0 saturated heterocycles. The average molecular weight is 493 g/mol. The molecule has 7 nitrogen and oxygen atoms in total. The number of methoxy groups -OCH3 is 1. The van der Waals surface area contributed by atoms with Crippen molar-refractivity contribution in [3.63, 3.8) is 0 Å². The van der Waals surface area contributed by atoms with E-state index in [1.54, 1.807) is 20.0 Å². The minimum Gasteiger partial charge on any atom is -0.465 e. The van der Waals surface area contributed by atoms with Crippen LogP contribution in [0, 0.1) is 6.92 Å². The Morgan fingerprint density at radius 2 is 1.96 bits per heavy atom. The number of halogens is 1. The second-order valence-electron chi connectivity index (χ2n) is 6.51. The van der Waals surface area contributed by atoms with Gasteiger partial charge >= 0.3 is 5.97 Å². The van der Waals surface area contributed by atoms with E-state index < -0.39 is 5.97 Å². The van der Waals surface area contributed by atoms with Crippen LogP contribution in [0.5, 0.6) is 0 Å². The first-order valence-electron chi connectivity index (χ1n) is 9.37. The SMILES string of the molecule is CN=C(NCCOC1CCCCCC1)NCc1cc(C(=O)OC)c(C)o1.I. The number of hydrogen-bond donors (Lipinski definition) is 2. The van der Waals surface area contributed by atoms with E-state index >= 15 is 0 Å². The number of nitrogens with zero attached hydrogens (tertiary/aromatic N) is 1. The van der Waals surface area contributed by atoms with Crippen LogP contribution in [0.1, 0.15) is 60.4 Å². The smallest absolute Gasteiger partial charge is 0.341 e. The van der Waals surface area contributed by atoms with E-state index in [0.29, 0.717) is 48.8 Å². The fraction of sp³-hybridized carbons (Fsp3) is 0.684. The van der Waals surface area contributed by atoms with Crippen LogP contribution in [0.2, 0.25) is 0 Å². The van der Waals surface area contributed by atoms with Crippen LogP contribution in [0.25, 0.3) is 0 Å². The molecule has 0 aliphatic heterocycles. The fourth-order valence-electron chi connectivity index (χ4n) is 3.14. The van der Waals surface area contributed by atoms with Crippen LogP contribution >= 0.6 is 24.0 Å². The van der Waals surface area contributed by atoms with E-state index in [9.17, 15) is 4.79 Å². The molecular weight excluding hydrogens is 461 g/mol. The zero-order valence-corrected chi connectivity index (χ0v) is 18.8. The zero-order valence-electron chi connectivity index (χ0n) is 16.5. The molecule has 0 amide bonds. The molecule has 2 N–H and O–H groups in total. The van der Waals surface area contributed by atoms with Gasteiger partial charge in [-0.15, -0.1) is 24.0 Å². The molecule has 1 aliphatic rings. The largest absolute Gasteiger partial charge is 0.465 e. The molecular formula is C19H32IN3O4. The fourth-order valence-corrected chi connectivity index (χ4v) is 3.14. The molecule has 0 aromatic carbocycles. The van der Waals surface area contributed by atoms with Crippen LogP contribution in [-0.2, 0) is 16.0 Å². The maximum atomic E-state index is 11.6. The lowest BCUT2D eigenvalue weighted by Crippen LogP contribution is -2.38. The molecule has 1 heterocycles. The third-order valence-corrected chi connectivity index (χ3v) is 4.58. The standard InChI is InChI=1S/C19H31N3O4.HI/c1-14-17(18(23)24-3)12-16(26-14)13-22-19(20-2)21-10-11-25-15-8-6-4-5-7-9-15;/h12,15H,4-11,13H2,1-3H3,(H2,20,21,22);1H. The van der Waals surface area contributed by atoms with E-state index in [4.69, 9.17) is 13.9 Å². The Hall–Kier alpha value is -1.29. The van der Waals surface area contributed by atoms with E-state index in [1.165, 1.54) is 45.6 Å². The van der Waals surface area contributed by atoms with Gasteiger partial charge in [0.1, 0.15) is 17.1 Å². The Morgan fingerprint density at radius 1 is 1.26 bits per heavy atom. The molecule has 0 unspecified atom stereocenters. The number of esters is 1. The second kappa shape index (κ2) is 13.0. The lowest BCUT2D eigenvalue weighted by atomic mass is 10.1. The third-order valence-electron chi connectivity index (χ3n) is 4.58. The lowest BCUT2D eigenvalue weighted by molar-refractivity contribution is 0.0468. The maximum absolute atomic E-state index is 11.6. The van der Waals surface area contributed by atoms with Crippen LogP contribution in [0.15, 0.2) is 15.5 Å². The summed E-state index contributed by atoms with van der Waals surface area (Å²) in [7, 11) is 3.07. The zero-order chi connectivity index (χ0) is 18.8. The molecule has 0 spiro atoms. The molecule has 0 atom stereocenters. The van der Waals surface area contributed by atoms with Gasteiger partial charge in [-0.2, -0.15) is 0 Å². The lowest BCUT2D eigenvalue weighted by Gasteiger charge is -2.16. The maximum Gasteiger partial charge on any atom is 0.341 e. The summed E-state index contributed by atoms with van der Waals surface area (Å²) in [5.74, 6) is 1.48. The van der Waals surface area contributed by atoms with Crippen molar-refractivity contribution in [2.75, 3.05) is 27.3 Å². The summed E-state index contributed by atoms with van der Waals surface area (Å²) in [5, 5.41) is 6.40. The Morgan fingerprint density at radius 3 is 2.59 bits per heavy atom. The van der Waals surface area contributed by atoms with Crippen molar-refractivity contribution in [2.24, 2.45) is 4.99 Å². The number of furan rings is 1. The van der Waals surface area contributed by atoms with Crippen LogP contribution in [0.4, 0.5) is 0 Å². The molecule has 27 heavy (non-hydrogen) atoms. The van der Waals surface area contributed by atoms with E-state index in [0.717, 1.165) is 0 Å². The summed E-state index contributed by atoms with van der Waals surface area (Å²) in [4.78, 5) is 15.8. The Bertz CT molecular complexity index is 596. The van der Waals surface area contributed by atoms with Gasteiger partial charge in [0, 0.05) is 13.6 Å². The van der Waals surface area contributed by atoms with Gasteiger partial charge in [-0.3, -0.25) is 4.99 Å². The molecule has 1 aliphatic carbocycles. The molecule has 1 fully saturated rings. The van der Waals surface area contributed by atoms with Gasteiger partial charge in [0.15, 0.2) is 5.96 Å². The van der Waals surface area contributed by atoms with Gasteiger partial charge < -0.3 is 24.5 Å². The predicted octanol–water partition coefficient (Wildman–Crippen LogP) is 3.40. The summed E-state index contributed by atoms with van der Waals surface area (Å²) in [5.41, 5.74) is 0.448. The second-order valence-corrected chi connectivity index (χ2v) is 6.51. The molecule has 1 aromatic rings. The first kappa shape index (κ1) is 23.7. The van der Waals surface area contributed by atoms with Gasteiger partial charge in [0.05, 0.1) is 26.4 Å². The van der Waals surface area contributed by atoms with Crippen molar-refractivity contribution in [2.45, 2.75) is 58.1 Å². The van der Waals surface area contributed by atoms with Crippen LogP contribution in [-0.4, -0.2) is 45.3 Å². The van der Waals surface area contributed by atoms with Crippen molar-refractivity contribution in [1.82, 2.24) is 10.6 Å². The molecule has 2 rings (SSSR count). The first-order chi connectivity index (χ1) is 12.6. The highest BCUT2D eigenvalue weighted by molar-refractivity contribution is 14.0. The van der Waals surface area contributed by atoms with E-state index in [2.05, 4.69) is 15.6 Å². The number of guanidine groups is 1. The molecule has 1 saturated carbocycles. The predicted molar refractivity (Wildman–Crippen MR) is 116 cm³/mol. The minimum absolute atomic E-state index is 0. The molecule has 0 radical (unpaired) electrons. The normalized spacial score (nSPS) is 15.6. The van der Waals surface area contributed by atoms with Crippen molar-refractivity contribution in [1.29, 1.82) is 0 Å². The molecule has 0 bridgehead atoms. The van der Waals surface area contributed by atoms with Crippen molar-refractivity contribution in [3.8, 4) is 0 Å². The summed E-state index contributed by atoms with van der Waals surface area (Å²) in [6.45, 7) is 3.53. The summed E-state index contributed by atoms with van der Waals surface area (Å²) in [6, 6.07) is 1.69. The van der Waals surface area contributed by atoms with Gasteiger partial charge in [0.25, 0.3) is 0 Å². The molecule has 154 valence electrons. The van der Waals surface area contributed by atoms with Gasteiger partial charge in [0.2, 0.25) is 0 Å². The summed E-state index contributed by atoms with van der Waals surface area (Å²) >= 11 is 0. The Balaban J connectivity index is 0.00000364. The van der Waals surface area contributed by atoms with E-state index in [1.807, 2.05) is 0 Å². The number of carbonyl (C=O) groups excluding carboxylic acids is 1. The van der Waals surface area contributed by atoms with Crippen molar-refractivity contribution < 1.29 is 18.7 Å². The average Bonchev–Trinajstić information content (AvgIpc) is 2.85. The first-order valence-corrected chi connectivity index (χ1v) is 9.37. The highest BCUT2D eigenvalue weighted by atomic mass is 127. The van der Waals surface area contributed by atoms with Gasteiger partial charge in [-0.25, -0.2) is 4.79 Å². The number of ether oxygens (including phenoxy) is 2. The topological polar surface area (TPSA) is 85.1 Å². The minimum atomic E-state index is -0.393. The monoisotopic (exact) mass is 493 g/mol. The van der Waals surface area contributed by atoms with Crippen LogP contribution < -0.4 is 10.6 Å². The number of aryl methyl sites for hydroxylation is 1. The Labute approximate surface area is 178 Å². The van der Waals surface area contributed by atoms with E-state index in [-0.39, 0.29) is 24.0 Å². The number of nitrogens with one attached hydrogen (secondary N) is 2. The summed E-state index contributed by atoms with van der Waals surface area (Å²) in [6.07, 6.45) is 7.96. The van der Waals surface area contributed by atoms with Crippen molar-refractivity contribution >= 4 is 35.9 Å². The highest BCUT2D eigenvalue weighted by Crippen LogP contribution is 2.19. The number of aliphatic imine (C=N–C) groups is 1. The molecule has 1 aromatic heterocycles. The van der Waals surface area contributed by atoms with Crippen LogP contribution in [0.3, 0.4) is 0 Å². The summed E-state index contributed by atoms with van der Waals surface area (Å²) < 4.78 is 16.3. The van der Waals surface area contributed by atoms with Gasteiger partial charge in [-0.05, 0) is 25.8 Å². The van der Waals surface area contributed by atoms with Crippen molar-refractivity contribution in [3.05, 3.63) is 23.2 Å². The Kier molecular flexibility index (Phi) is 11.4. The number of carbonyl (C=O) groups is 1. The molecule has 8 heteroatoms. The quantitative estimate of drug-likeness (QED) is 0.151. The highest BCUT2D eigenvalue weighted by Gasteiger charge is 2.15. The van der Waals surface area contributed by atoms with Gasteiger partial charge in [-0.1, -0.05) is 25.7 Å². The third kappa shape index (κ3) is 8.08. The number of hydrogen-bond acceptors (Lipinski definition) is 5. The number of rotatable bonds is 7.